The number of thiazole rings is 1. The molecule has 0 radical (unpaired) electrons. The molecule has 29 heavy (non-hydrogen) atoms. The zero-order valence-corrected chi connectivity index (χ0v) is 16.4. The van der Waals surface area contributed by atoms with E-state index >= 15 is 0 Å². The normalized spacial score (nSPS) is 11.9. The first-order valence-corrected chi connectivity index (χ1v) is 9.76. The van der Waals surface area contributed by atoms with Gasteiger partial charge >= 0.3 is 12.0 Å². The lowest BCUT2D eigenvalue weighted by Crippen LogP contribution is -2.42. The molecule has 8 heteroatoms. The van der Waals surface area contributed by atoms with Crippen molar-refractivity contribution in [3.05, 3.63) is 71.2 Å². The van der Waals surface area contributed by atoms with Gasteiger partial charge in [0.2, 0.25) is 6.10 Å². The minimum atomic E-state index is -1.26. The molecule has 0 aliphatic heterocycles. The molecule has 3 rings (SSSR count). The predicted molar refractivity (Wildman–Crippen MR) is 111 cm³/mol. The summed E-state index contributed by atoms with van der Waals surface area (Å²) in [5.74, 6) is -1.45. The number of aromatic nitrogens is 1. The molecule has 2 N–H and O–H groups in total. The van der Waals surface area contributed by atoms with Crippen LogP contribution in [-0.2, 0) is 14.3 Å². The molecule has 1 atom stereocenters. The van der Waals surface area contributed by atoms with Crippen molar-refractivity contribution in [3.63, 3.8) is 0 Å². The highest BCUT2D eigenvalue weighted by atomic mass is 32.1. The summed E-state index contributed by atoms with van der Waals surface area (Å²) in [5, 5.41) is 5.28. The number of carbonyl (C=O) groups excluding carboxylic acids is 3. The van der Waals surface area contributed by atoms with Crippen LogP contribution in [0.25, 0.3) is 16.3 Å². The number of esters is 1. The van der Waals surface area contributed by atoms with E-state index in [2.05, 4.69) is 15.6 Å². The number of hydrogen-bond donors (Lipinski definition) is 2. The second-order valence-corrected chi connectivity index (χ2v) is 6.99. The number of amides is 3. The molecule has 2 aromatic carbocycles. The number of hydrogen-bond acceptors (Lipinski definition) is 6. The second kappa shape index (κ2) is 9.61. The summed E-state index contributed by atoms with van der Waals surface area (Å²) in [7, 11) is 0. The van der Waals surface area contributed by atoms with Gasteiger partial charge in [-0.05, 0) is 25.1 Å². The van der Waals surface area contributed by atoms with E-state index in [1.807, 2.05) is 24.3 Å². The number of benzene rings is 2. The van der Waals surface area contributed by atoms with Gasteiger partial charge in [0.25, 0.3) is 5.91 Å². The van der Waals surface area contributed by atoms with Gasteiger partial charge in [0.1, 0.15) is 5.01 Å². The fraction of sp³-hybridized carbons (Fsp3) is 0.143. The molecule has 3 amide bonds. The molecule has 148 valence electrons. The molecule has 1 heterocycles. The largest absolute Gasteiger partial charge is 0.444 e. The van der Waals surface area contributed by atoms with Crippen LogP contribution in [0.15, 0.2) is 60.7 Å². The maximum Gasteiger partial charge on any atom is 0.331 e. The highest BCUT2D eigenvalue weighted by Gasteiger charge is 2.25. The summed E-state index contributed by atoms with van der Waals surface area (Å²) >= 11 is 1.44. The summed E-state index contributed by atoms with van der Waals surface area (Å²) in [6.07, 6.45) is 1.50. The Labute approximate surface area is 171 Å². The van der Waals surface area contributed by atoms with Crippen molar-refractivity contribution in [2.24, 2.45) is 0 Å². The van der Waals surface area contributed by atoms with Gasteiger partial charge in [-0.1, -0.05) is 42.5 Å². The van der Waals surface area contributed by atoms with Gasteiger partial charge in [-0.25, -0.2) is 14.6 Å². The Kier molecular flexibility index (Phi) is 6.70. The van der Waals surface area contributed by atoms with Crippen molar-refractivity contribution >= 4 is 45.5 Å². The molecule has 0 aliphatic rings. The van der Waals surface area contributed by atoms with E-state index in [1.54, 1.807) is 37.3 Å². The smallest absolute Gasteiger partial charge is 0.331 e. The zero-order valence-electron chi connectivity index (χ0n) is 15.6. The summed E-state index contributed by atoms with van der Waals surface area (Å²) in [6.45, 7) is 2.09. The zero-order chi connectivity index (χ0) is 20.6. The average Bonchev–Trinajstić information content (AvgIpc) is 3.14. The molecule has 0 saturated carbocycles. The summed E-state index contributed by atoms with van der Waals surface area (Å²) in [6, 6.07) is 15.5. The van der Waals surface area contributed by atoms with Crippen LogP contribution >= 0.6 is 11.3 Å². The molecule has 0 saturated heterocycles. The third-order valence-corrected chi connectivity index (χ3v) is 4.82. The first-order valence-electron chi connectivity index (χ1n) is 8.94. The topological polar surface area (TPSA) is 97.4 Å². The third kappa shape index (κ3) is 5.49. The van der Waals surface area contributed by atoms with Crippen LogP contribution in [0.2, 0.25) is 0 Å². The number of urea groups is 1. The number of fused-ring (bicyclic) bond motifs is 1. The van der Waals surface area contributed by atoms with Crippen LogP contribution in [0.4, 0.5) is 4.79 Å². The van der Waals surface area contributed by atoms with Crippen LogP contribution in [0.3, 0.4) is 0 Å². The molecule has 0 spiro atoms. The molecular weight excluding hydrogens is 390 g/mol. The lowest BCUT2D eigenvalue weighted by atomic mass is 10.1. The van der Waals surface area contributed by atoms with E-state index in [9.17, 15) is 14.4 Å². The van der Waals surface area contributed by atoms with Crippen LogP contribution in [0.1, 0.15) is 23.6 Å². The Morgan fingerprint density at radius 3 is 2.55 bits per heavy atom. The molecule has 1 aromatic heterocycles. The van der Waals surface area contributed by atoms with Gasteiger partial charge in [0.05, 0.1) is 10.2 Å². The van der Waals surface area contributed by atoms with Crippen molar-refractivity contribution in [2.45, 2.75) is 13.0 Å². The number of para-hydroxylation sites is 1. The van der Waals surface area contributed by atoms with Crippen LogP contribution < -0.4 is 10.6 Å². The Hall–Kier alpha value is -3.52. The van der Waals surface area contributed by atoms with Gasteiger partial charge in [-0.15, -0.1) is 11.3 Å². The Morgan fingerprint density at radius 1 is 1.10 bits per heavy atom. The maximum atomic E-state index is 12.5. The molecule has 0 aliphatic carbocycles. The summed E-state index contributed by atoms with van der Waals surface area (Å²) < 4.78 is 6.34. The van der Waals surface area contributed by atoms with Gasteiger partial charge in [0.15, 0.2) is 0 Å². The molecule has 7 nitrogen and oxygen atoms in total. The van der Waals surface area contributed by atoms with E-state index in [0.29, 0.717) is 17.1 Å². The first-order chi connectivity index (χ1) is 14.1. The fourth-order valence-electron chi connectivity index (χ4n) is 2.54. The van der Waals surface area contributed by atoms with Gasteiger partial charge in [0, 0.05) is 18.2 Å². The maximum absolute atomic E-state index is 12.5. The summed E-state index contributed by atoms with van der Waals surface area (Å²) in [4.78, 5) is 40.9. The average molecular weight is 409 g/mol. The van der Waals surface area contributed by atoms with Crippen molar-refractivity contribution in [1.29, 1.82) is 0 Å². The summed E-state index contributed by atoms with van der Waals surface area (Å²) in [5.41, 5.74) is 1.30. The number of nitrogens with zero attached hydrogens (tertiary/aromatic N) is 1. The number of ether oxygens (including phenoxy) is 1. The third-order valence-electron chi connectivity index (χ3n) is 3.82. The van der Waals surface area contributed by atoms with E-state index in [-0.39, 0.29) is 0 Å². The minimum absolute atomic E-state index is 0.361. The molecule has 3 aromatic rings. The molecule has 0 unspecified atom stereocenters. The van der Waals surface area contributed by atoms with Crippen LogP contribution in [0, 0.1) is 0 Å². The molecule has 0 bridgehead atoms. The Morgan fingerprint density at radius 2 is 1.83 bits per heavy atom. The van der Waals surface area contributed by atoms with Gasteiger partial charge < -0.3 is 10.1 Å². The van der Waals surface area contributed by atoms with E-state index in [4.69, 9.17) is 4.74 Å². The minimum Gasteiger partial charge on any atom is -0.444 e. The molecular formula is C21H19N3O4S. The highest BCUT2D eigenvalue weighted by Crippen LogP contribution is 2.23. The fourth-order valence-corrected chi connectivity index (χ4v) is 3.41. The second-order valence-electron chi connectivity index (χ2n) is 5.93. The number of nitrogens with one attached hydrogen (secondary N) is 2. The number of rotatable bonds is 6. The van der Waals surface area contributed by atoms with Crippen LogP contribution in [0.5, 0.6) is 0 Å². The number of carbonyl (C=O) groups is 3. The lowest BCUT2D eigenvalue weighted by molar-refractivity contribution is -0.151. The van der Waals surface area contributed by atoms with Gasteiger partial charge in [-0.3, -0.25) is 10.1 Å². The van der Waals surface area contributed by atoms with Crippen molar-refractivity contribution < 1.29 is 19.1 Å². The Balaban J connectivity index is 1.73. The number of imide groups is 1. The van der Waals surface area contributed by atoms with E-state index in [0.717, 1.165) is 10.2 Å². The van der Waals surface area contributed by atoms with E-state index < -0.39 is 24.0 Å². The predicted octanol–water partition coefficient (Wildman–Crippen LogP) is 3.44. The van der Waals surface area contributed by atoms with Crippen molar-refractivity contribution in [3.8, 4) is 0 Å². The first kappa shape index (κ1) is 20.2. The monoisotopic (exact) mass is 409 g/mol. The Bertz CT molecular complexity index is 1010. The quantitative estimate of drug-likeness (QED) is 0.480. The van der Waals surface area contributed by atoms with Gasteiger partial charge in [-0.2, -0.15) is 0 Å². The lowest BCUT2D eigenvalue weighted by Gasteiger charge is -2.16. The highest BCUT2D eigenvalue weighted by molar-refractivity contribution is 7.19. The van der Waals surface area contributed by atoms with Crippen molar-refractivity contribution in [2.75, 3.05) is 6.54 Å². The van der Waals surface area contributed by atoms with Crippen molar-refractivity contribution in [1.82, 2.24) is 15.6 Å². The SMILES string of the molecule is CCNC(=O)NC(=O)[C@@H](OC(=O)/C=C/c1nc2ccccc2s1)c1ccccc1. The standard InChI is InChI=1S/C21H19N3O4S/c1-2-22-21(27)24-20(26)19(14-8-4-3-5-9-14)28-18(25)13-12-17-23-15-10-6-7-11-16(15)29-17/h3-13,19H,2H2,1H3,(H2,22,24,26,27)/b13-12+/t19-/m0/s1. The molecule has 0 fully saturated rings. The van der Waals surface area contributed by atoms with E-state index in [1.165, 1.54) is 23.5 Å². The van der Waals surface area contributed by atoms with Crippen LogP contribution in [-0.4, -0.2) is 29.4 Å².